The molecule has 0 heterocycles. The molecule has 0 bridgehead atoms. The maximum Gasteiger partial charge on any atom is 0.244 e. The molecule has 0 unspecified atom stereocenters. The highest BCUT2D eigenvalue weighted by atomic mass is 79.9. The quantitative estimate of drug-likeness (QED) is 0.804. The summed E-state index contributed by atoms with van der Waals surface area (Å²) < 4.78 is 26.5. The predicted octanol–water partition coefficient (Wildman–Crippen LogP) is 1.87. The van der Waals surface area contributed by atoms with Gasteiger partial charge in [0.05, 0.1) is 9.37 Å². The van der Waals surface area contributed by atoms with Crippen molar-refractivity contribution in [2.45, 2.75) is 4.90 Å². The maximum atomic E-state index is 12.4. The number of nitrogens with two attached hydrogens (primary N) is 1. The van der Waals surface area contributed by atoms with E-state index in [0.29, 0.717) is 28.3 Å². The van der Waals surface area contributed by atoms with Crippen molar-refractivity contribution in [3.63, 3.8) is 0 Å². The molecular weight excluding hydrogens is 354 g/mol. The maximum absolute atomic E-state index is 12.4. The zero-order valence-electron chi connectivity index (χ0n) is 11.0. The van der Waals surface area contributed by atoms with Crippen LogP contribution in [0.5, 0.6) is 0 Å². The number of rotatable bonds is 5. The van der Waals surface area contributed by atoms with E-state index in [0.717, 1.165) is 0 Å². The molecule has 2 N–H and O–H groups in total. The molecule has 8 heteroatoms. The van der Waals surface area contributed by atoms with Crippen molar-refractivity contribution in [2.24, 2.45) is 0 Å². The molecule has 1 aromatic carbocycles. The van der Waals surface area contributed by atoms with Crippen LogP contribution in [-0.2, 0) is 10.0 Å². The highest BCUT2D eigenvalue weighted by Crippen LogP contribution is 2.32. The lowest BCUT2D eigenvalue weighted by Gasteiger charge is -2.20. The Hall–Kier alpha value is -0.340. The fourth-order valence-electron chi connectivity index (χ4n) is 1.40. The summed E-state index contributed by atoms with van der Waals surface area (Å²) in [5.74, 6) is 0. The Balaban J connectivity index is 3.13. The molecule has 0 aliphatic carbocycles. The number of anilines is 1. The van der Waals surface area contributed by atoms with Crippen LogP contribution >= 0.6 is 27.5 Å². The zero-order chi connectivity index (χ0) is 14.8. The standard InChI is InChI=1S/C11H17BrClN3O2S/c1-15(2)4-5-16(3)19(17,18)10-7-8(13)6-9(14)11(10)12/h6-7H,4-5,14H2,1-3H3. The molecule has 108 valence electrons. The molecule has 0 saturated heterocycles. The first kappa shape index (κ1) is 16.7. The van der Waals surface area contributed by atoms with Crippen molar-refractivity contribution in [3.8, 4) is 0 Å². The number of sulfonamides is 1. The van der Waals surface area contributed by atoms with Crippen LogP contribution in [0.1, 0.15) is 0 Å². The van der Waals surface area contributed by atoms with E-state index in [1.54, 1.807) is 0 Å². The van der Waals surface area contributed by atoms with E-state index in [4.69, 9.17) is 17.3 Å². The Kier molecular flexibility index (Phi) is 5.64. The van der Waals surface area contributed by atoms with Crippen molar-refractivity contribution in [3.05, 3.63) is 21.6 Å². The largest absolute Gasteiger partial charge is 0.398 e. The number of nitrogens with zero attached hydrogens (tertiary/aromatic N) is 2. The summed E-state index contributed by atoms with van der Waals surface area (Å²) in [5, 5.41) is 0.292. The van der Waals surface area contributed by atoms with Crippen LogP contribution in [0.15, 0.2) is 21.5 Å². The van der Waals surface area contributed by atoms with E-state index in [1.807, 2.05) is 19.0 Å². The third-order valence-electron chi connectivity index (χ3n) is 2.58. The van der Waals surface area contributed by atoms with E-state index < -0.39 is 10.0 Å². The SMILES string of the molecule is CN(C)CCN(C)S(=O)(=O)c1cc(Cl)cc(N)c1Br. The molecular formula is C11H17BrClN3O2S. The molecule has 0 fully saturated rings. The average molecular weight is 371 g/mol. The molecule has 0 saturated carbocycles. The first-order valence-corrected chi connectivity index (χ1v) is 8.13. The van der Waals surface area contributed by atoms with Crippen molar-refractivity contribution in [2.75, 3.05) is 40.0 Å². The summed E-state index contributed by atoms with van der Waals surface area (Å²) in [6.07, 6.45) is 0. The summed E-state index contributed by atoms with van der Waals surface area (Å²) in [5.41, 5.74) is 6.02. The second-order valence-corrected chi connectivity index (χ2v) is 7.68. The van der Waals surface area contributed by atoms with Crippen LogP contribution < -0.4 is 5.73 Å². The number of hydrogen-bond acceptors (Lipinski definition) is 4. The molecule has 0 aliphatic rings. The minimum atomic E-state index is -3.61. The van der Waals surface area contributed by atoms with Gasteiger partial charge < -0.3 is 10.6 Å². The molecule has 0 spiro atoms. The Morgan fingerprint density at radius 2 is 1.84 bits per heavy atom. The molecule has 19 heavy (non-hydrogen) atoms. The second-order valence-electron chi connectivity index (χ2n) is 4.44. The van der Waals surface area contributed by atoms with Crippen LogP contribution in [0, 0.1) is 0 Å². The molecule has 5 nitrogen and oxygen atoms in total. The van der Waals surface area contributed by atoms with Crippen LogP contribution in [0.25, 0.3) is 0 Å². The first-order valence-electron chi connectivity index (χ1n) is 5.52. The van der Waals surface area contributed by atoms with Crippen molar-refractivity contribution in [1.82, 2.24) is 9.21 Å². The normalized spacial score (nSPS) is 12.4. The Bertz CT molecular complexity index is 563. The smallest absolute Gasteiger partial charge is 0.244 e. The minimum absolute atomic E-state index is 0.0822. The van der Waals surface area contributed by atoms with E-state index in [2.05, 4.69) is 15.9 Å². The van der Waals surface area contributed by atoms with Crippen LogP contribution in [0.4, 0.5) is 5.69 Å². The number of benzene rings is 1. The Morgan fingerprint density at radius 1 is 1.26 bits per heavy atom. The number of halogens is 2. The van der Waals surface area contributed by atoms with Gasteiger partial charge in [-0.05, 0) is 42.2 Å². The van der Waals surface area contributed by atoms with Gasteiger partial charge in [-0.3, -0.25) is 0 Å². The van der Waals surface area contributed by atoms with Gasteiger partial charge in [0.2, 0.25) is 10.0 Å². The van der Waals surface area contributed by atoms with Gasteiger partial charge in [0.1, 0.15) is 0 Å². The average Bonchev–Trinajstić information content (AvgIpc) is 2.30. The predicted molar refractivity (Wildman–Crippen MR) is 81.9 cm³/mol. The minimum Gasteiger partial charge on any atom is -0.398 e. The van der Waals surface area contributed by atoms with Gasteiger partial charge >= 0.3 is 0 Å². The third kappa shape index (κ3) is 4.06. The fourth-order valence-corrected chi connectivity index (χ4v) is 3.81. The lowest BCUT2D eigenvalue weighted by Crippen LogP contribution is -2.33. The van der Waals surface area contributed by atoms with Gasteiger partial charge in [-0.25, -0.2) is 8.42 Å². The zero-order valence-corrected chi connectivity index (χ0v) is 14.2. The highest BCUT2D eigenvalue weighted by molar-refractivity contribution is 9.10. The number of hydrogen-bond donors (Lipinski definition) is 1. The van der Waals surface area contributed by atoms with Crippen LogP contribution in [0.3, 0.4) is 0 Å². The van der Waals surface area contributed by atoms with Crippen LogP contribution in [-0.4, -0.2) is 51.9 Å². The van der Waals surface area contributed by atoms with E-state index in [1.165, 1.54) is 23.5 Å². The Morgan fingerprint density at radius 3 is 2.37 bits per heavy atom. The van der Waals surface area contributed by atoms with Crippen molar-refractivity contribution < 1.29 is 8.42 Å². The molecule has 1 aromatic rings. The van der Waals surface area contributed by atoms with Gasteiger partial charge in [0, 0.05) is 30.8 Å². The molecule has 0 aromatic heterocycles. The van der Waals surface area contributed by atoms with E-state index in [9.17, 15) is 8.42 Å². The number of likely N-dealkylation sites (N-methyl/N-ethyl adjacent to an activating group) is 2. The molecule has 1 rings (SSSR count). The van der Waals surface area contributed by atoms with Gasteiger partial charge in [-0.15, -0.1) is 0 Å². The molecule has 0 amide bonds. The lowest BCUT2D eigenvalue weighted by atomic mass is 10.3. The summed E-state index contributed by atoms with van der Waals surface area (Å²) in [4.78, 5) is 1.99. The van der Waals surface area contributed by atoms with E-state index in [-0.39, 0.29) is 4.90 Å². The fraction of sp³-hybridized carbons (Fsp3) is 0.455. The van der Waals surface area contributed by atoms with E-state index >= 15 is 0 Å². The summed E-state index contributed by atoms with van der Waals surface area (Å²) in [6.45, 7) is 1.01. The van der Waals surface area contributed by atoms with Crippen molar-refractivity contribution >= 4 is 43.2 Å². The number of nitrogen functional groups attached to an aromatic ring is 1. The van der Waals surface area contributed by atoms with Crippen LogP contribution in [0.2, 0.25) is 5.02 Å². The summed E-state index contributed by atoms with van der Waals surface area (Å²) in [6, 6.07) is 2.90. The van der Waals surface area contributed by atoms with Gasteiger partial charge in [-0.2, -0.15) is 4.31 Å². The monoisotopic (exact) mass is 369 g/mol. The lowest BCUT2D eigenvalue weighted by molar-refractivity contribution is 0.358. The molecule has 0 radical (unpaired) electrons. The summed E-state index contributed by atoms with van der Waals surface area (Å²) in [7, 11) is 1.68. The van der Waals surface area contributed by atoms with Gasteiger partial charge in [0.15, 0.2) is 0 Å². The van der Waals surface area contributed by atoms with Crippen molar-refractivity contribution in [1.29, 1.82) is 0 Å². The second kappa shape index (κ2) is 6.41. The highest BCUT2D eigenvalue weighted by Gasteiger charge is 2.25. The third-order valence-corrected chi connectivity index (χ3v) is 5.83. The van der Waals surface area contributed by atoms with Gasteiger partial charge in [-0.1, -0.05) is 11.6 Å². The summed E-state index contributed by atoms with van der Waals surface area (Å²) >= 11 is 9.07. The topological polar surface area (TPSA) is 66.6 Å². The van der Waals surface area contributed by atoms with Gasteiger partial charge in [0.25, 0.3) is 0 Å². The molecule has 0 aliphatic heterocycles. The molecule has 0 atom stereocenters. The Labute approximate surface area is 127 Å². The first-order chi connectivity index (χ1) is 8.66.